The number of nitrogens with zero attached hydrogens (tertiary/aromatic N) is 1. The summed E-state index contributed by atoms with van der Waals surface area (Å²) in [6, 6.07) is 9.60. The van der Waals surface area contributed by atoms with Crippen LogP contribution < -0.4 is 14.9 Å². The number of para-hydroxylation sites is 1. The second-order valence-corrected chi connectivity index (χ2v) is 8.27. The van der Waals surface area contributed by atoms with Crippen molar-refractivity contribution in [2.45, 2.75) is 0 Å². The topological polar surface area (TPSA) is 95.6 Å². The molecule has 2 amide bonds. The van der Waals surface area contributed by atoms with Crippen LogP contribution in [0.5, 0.6) is 0 Å². The monoisotopic (exact) mass is 439 g/mol. The zero-order chi connectivity index (χ0) is 21.6. The minimum atomic E-state index is -3.87. The summed E-state index contributed by atoms with van der Waals surface area (Å²) >= 11 is 5.72. The third-order valence-electron chi connectivity index (χ3n) is 3.73. The molecular weight excluding hydrogens is 421 g/mol. The molecule has 0 unspecified atom stereocenters. The number of anilines is 2. The predicted molar refractivity (Wildman–Crippen MR) is 111 cm³/mol. The molecule has 0 aliphatic carbocycles. The lowest BCUT2D eigenvalue weighted by Gasteiger charge is -2.22. The average molecular weight is 440 g/mol. The first kappa shape index (κ1) is 22.4. The lowest BCUT2D eigenvalue weighted by Crippen LogP contribution is -2.37. The van der Waals surface area contributed by atoms with E-state index in [1.807, 2.05) is 0 Å². The maximum Gasteiger partial charge on any atom is 0.253 e. The number of hydrogen-bond acceptors (Lipinski definition) is 4. The number of amides is 2. The number of benzene rings is 2. The van der Waals surface area contributed by atoms with Crippen LogP contribution in [0.3, 0.4) is 0 Å². The summed E-state index contributed by atoms with van der Waals surface area (Å²) in [5, 5.41) is 4.85. The van der Waals surface area contributed by atoms with Crippen molar-refractivity contribution in [1.82, 2.24) is 5.32 Å². The molecule has 0 aliphatic heterocycles. The number of sulfonamides is 1. The highest BCUT2D eigenvalue weighted by Gasteiger charge is 2.22. The molecule has 10 heteroatoms. The standard InChI is InChI=1S/C19H19ClFN3O4S/c1-3-10-22-19(26)14-6-4-5-7-17(14)23-18(25)12-24(29(2,27)28)13-8-9-16(21)15(20)11-13/h3-9,11H,1,10,12H2,2H3,(H,22,26)(H,23,25). The summed E-state index contributed by atoms with van der Waals surface area (Å²) in [6.07, 6.45) is 2.42. The van der Waals surface area contributed by atoms with Crippen molar-refractivity contribution in [2.24, 2.45) is 0 Å². The summed E-state index contributed by atoms with van der Waals surface area (Å²) in [5.74, 6) is -1.83. The van der Waals surface area contributed by atoms with Gasteiger partial charge in [-0.1, -0.05) is 29.8 Å². The van der Waals surface area contributed by atoms with E-state index in [-0.39, 0.29) is 28.5 Å². The smallest absolute Gasteiger partial charge is 0.253 e. The van der Waals surface area contributed by atoms with Gasteiger partial charge in [-0.05, 0) is 30.3 Å². The quantitative estimate of drug-likeness (QED) is 0.618. The molecule has 0 saturated carbocycles. The average Bonchev–Trinajstić information content (AvgIpc) is 2.66. The van der Waals surface area contributed by atoms with E-state index < -0.39 is 34.2 Å². The zero-order valence-electron chi connectivity index (χ0n) is 15.5. The molecule has 154 valence electrons. The minimum absolute atomic E-state index is 0.0334. The fourth-order valence-electron chi connectivity index (χ4n) is 2.41. The van der Waals surface area contributed by atoms with Crippen molar-refractivity contribution in [3.05, 3.63) is 71.5 Å². The van der Waals surface area contributed by atoms with Crippen LogP contribution >= 0.6 is 11.6 Å². The molecule has 0 fully saturated rings. The van der Waals surface area contributed by atoms with Crippen molar-refractivity contribution in [1.29, 1.82) is 0 Å². The summed E-state index contributed by atoms with van der Waals surface area (Å²) in [4.78, 5) is 24.7. The van der Waals surface area contributed by atoms with Gasteiger partial charge in [0.2, 0.25) is 15.9 Å². The maximum atomic E-state index is 13.4. The Morgan fingerprint density at radius 3 is 2.55 bits per heavy atom. The Labute approximate surface area is 173 Å². The van der Waals surface area contributed by atoms with Crippen LogP contribution in [0, 0.1) is 5.82 Å². The highest BCUT2D eigenvalue weighted by atomic mass is 35.5. The van der Waals surface area contributed by atoms with Crippen molar-refractivity contribution >= 4 is 44.8 Å². The van der Waals surface area contributed by atoms with Gasteiger partial charge in [-0.2, -0.15) is 0 Å². The lowest BCUT2D eigenvalue weighted by molar-refractivity contribution is -0.114. The van der Waals surface area contributed by atoms with Crippen LogP contribution in [-0.4, -0.2) is 39.6 Å². The van der Waals surface area contributed by atoms with Gasteiger partial charge in [-0.3, -0.25) is 13.9 Å². The molecule has 0 aromatic heterocycles. The number of carbonyl (C=O) groups is 2. The third kappa shape index (κ3) is 6.03. The fourth-order valence-corrected chi connectivity index (χ4v) is 3.43. The SMILES string of the molecule is C=CCNC(=O)c1ccccc1NC(=O)CN(c1ccc(F)c(Cl)c1)S(C)(=O)=O. The summed E-state index contributed by atoms with van der Waals surface area (Å²) in [5.41, 5.74) is 0.453. The second-order valence-electron chi connectivity index (χ2n) is 5.96. The normalized spacial score (nSPS) is 10.9. The van der Waals surface area contributed by atoms with E-state index in [0.717, 1.165) is 22.7 Å². The van der Waals surface area contributed by atoms with Crippen molar-refractivity contribution < 1.29 is 22.4 Å². The molecule has 0 heterocycles. The highest BCUT2D eigenvalue weighted by Crippen LogP contribution is 2.24. The van der Waals surface area contributed by atoms with Gasteiger partial charge in [0.1, 0.15) is 12.4 Å². The van der Waals surface area contributed by atoms with E-state index in [0.29, 0.717) is 0 Å². The van der Waals surface area contributed by atoms with Crippen LogP contribution in [0.15, 0.2) is 55.1 Å². The largest absolute Gasteiger partial charge is 0.349 e. The molecule has 0 bridgehead atoms. The number of nitrogens with one attached hydrogen (secondary N) is 2. The zero-order valence-corrected chi connectivity index (χ0v) is 17.1. The van der Waals surface area contributed by atoms with E-state index in [1.54, 1.807) is 12.1 Å². The van der Waals surface area contributed by atoms with Gasteiger partial charge in [0.25, 0.3) is 5.91 Å². The number of halogens is 2. The van der Waals surface area contributed by atoms with Crippen LogP contribution in [-0.2, 0) is 14.8 Å². The molecule has 2 N–H and O–H groups in total. The van der Waals surface area contributed by atoms with Gasteiger partial charge in [0.15, 0.2) is 0 Å². The van der Waals surface area contributed by atoms with E-state index in [1.165, 1.54) is 24.3 Å². The van der Waals surface area contributed by atoms with E-state index in [2.05, 4.69) is 17.2 Å². The Kier molecular flexibility index (Phi) is 7.35. The summed E-state index contributed by atoms with van der Waals surface area (Å²) in [6.45, 7) is 3.16. The van der Waals surface area contributed by atoms with Crippen LogP contribution in [0.4, 0.5) is 15.8 Å². The highest BCUT2D eigenvalue weighted by molar-refractivity contribution is 7.92. The molecule has 2 rings (SSSR count). The number of rotatable bonds is 8. The Morgan fingerprint density at radius 2 is 1.93 bits per heavy atom. The van der Waals surface area contributed by atoms with Crippen LogP contribution in [0.1, 0.15) is 10.4 Å². The molecule has 0 atom stereocenters. The van der Waals surface area contributed by atoms with Gasteiger partial charge in [-0.25, -0.2) is 12.8 Å². The van der Waals surface area contributed by atoms with Gasteiger partial charge >= 0.3 is 0 Å². The Morgan fingerprint density at radius 1 is 1.24 bits per heavy atom. The first-order valence-electron chi connectivity index (χ1n) is 8.34. The maximum absolute atomic E-state index is 13.4. The number of carbonyl (C=O) groups excluding carboxylic acids is 2. The summed E-state index contributed by atoms with van der Waals surface area (Å²) < 4.78 is 38.5. The second kappa shape index (κ2) is 9.53. The molecule has 0 saturated heterocycles. The van der Waals surface area contributed by atoms with Gasteiger partial charge in [0, 0.05) is 6.54 Å². The molecule has 0 aliphatic rings. The molecule has 0 spiro atoms. The first-order chi connectivity index (χ1) is 13.6. The van der Waals surface area contributed by atoms with Crippen molar-refractivity contribution in [3.8, 4) is 0 Å². The van der Waals surface area contributed by atoms with Crippen LogP contribution in [0.25, 0.3) is 0 Å². The van der Waals surface area contributed by atoms with Gasteiger partial charge in [-0.15, -0.1) is 6.58 Å². The van der Waals surface area contributed by atoms with E-state index >= 15 is 0 Å². The van der Waals surface area contributed by atoms with E-state index in [9.17, 15) is 22.4 Å². The van der Waals surface area contributed by atoms with Gasteiger partial charge < -0.3 is 10.6 Å². The Bertz CT molecular complexity index is 1040. The fraction of sp³-hybridized carbons (Fsp3) is 0.158. The molecule has 29 heavy (non-hydrogen) atoms. The third-order valence-corrected chi connectivity index (χ3v) is 5.16. The molecule has 0 radical (unpaired) electrons. The first-order valence-corrected chi connectivity index (χ1v) is 10.6. The molecule has 7 nitrogen and oxygen atoms in total. The predicted octanol–water partition coefficient (Wildman–Crippen LogP) is 2.80. The lowest BCUT2D eigenvalue weighted by atomic mass is 10.1. The Balaban J connectivity index is 2.25. The Hall–Kier alpha value is -2.91. The van der Waals surface area contributed by atoms with Crippen LogP contribution in [0.2, 0.25) is 5.02 Å². The number of hydrogen-bond donors (Lipinski definition) is 2. The molecular formula is C19H19ClFN3O4S. The van der Waals surface area contributed by atoms with Crippen molar-refractivity contribution in [2.75, 3.05) is 29.0 Å². The van der Waals surface area contributed by atoms with E-state index in [4.69, 9.17) is 11.6 Å². The minimum Gasteiger partial charge on any atom is -0.349 e. The molecule has 2 aromatic rings. The van der Waals surface area contributed by atoms with Gasteiger partial charge in [0.05, 0.1) is 28.2 Å². The summed E-state index contributed by atoms with van der Waals surface area (Å²) in [7, 11) is -3.87. The van der Waals surface area contributed by atoms with Crippen molar-refractivity contribution in [3.63, 3.8) is 0 Å². The molecule has 2 aromatic carbocycles.